The zero-order valence-electron chi connectivity index (χ0n) is 7.10. The standard InChI is InChI=1S/C9H10O3S/c1-13(11,12)7-9(10)8-5-3-2-4-6-8/h2-7,10H,1H3/p-1/b9-7-. The predicted octanol–water partition coefficient (Wildman–Crippen LogP) is 0.390. The molecule has 13 heavy (non-hydrogen) atoms. The molecule has 0 amide bonds. The molecular weight excluding hydrogens is 188 g/mol. The number of hydrogen-bond donors (Lipinski definition) is 0. The van der Waals surface area contributed by atoms with Gasteiger partial charge in [0.2, 0.25) is 0 Å². The molecule has 0 fully saturated rings. The highest BCUT2D eigenvalue weighted by Crippen LogP contribution is 2.08. The molecule has 0 radical (unpaired) electrons. The minimum absolute atomic E-state index is 0.382. The molecule has 0 aliphatic heterocycles. The Hall–Kier alpha value is -1.29. The quantitative estimate of drug-likeness (QED) is 0.644. The van der Waals surface area contributed by atoms with Crippen molar-refractivity contribution in [1.29, 1.82) is 0 Å². The maximum absolute atomic E-state index is 11.2. The molecule has 0 aromatic heterocycles. The molecule has 0 saturated heterocycles. The van der Waals surface area contributed by atoms with Crippen LogP contribution in [0.4, 0.5) is 0 Å². The first-order valence-electron chi connectivity index (χ1n) is 3.63. The largest absolute Gasteiger partial charge is 0.872 e. The Morgan fingerprint density at radius 3 is 2.31 bits per heavy atom. The Labute approximate surface area is 77.3 Å². The van der Waals surface area contributed by atoms with Crippen molar-refractivity contribution in [3.63, 3.8) is 0 Å². The highest BCUT2D eigenvalue weighted by atomic mass is 32.2. The van der Waals surface area contributed by atoms with E-state index in [1.54, 1.807) is 30.3 Å². The SMILES string of the molecule is CS(=O)(=O)/C=C(\[O-])c1ccccc1. The van der Waals surface area contributed by atoms with Gasteiger partial charge in [0.05, 0.1) is 0 Å². The van der Waals surface area contributed by atoms with Gasteiger partial charge in [-0.05, 0) is 5.56 Å². The van der Waals surface area contributed by atoms with Crippen LogP contribution in [-0.4, -0.2) is 14.7 Å². The molecule has 0 heterocycles. The van der Waals surface area contributed by atoms with Gasteiger partial charge in [-0.15, -0.1) is 0 Å². The van der Waals surface area contributed by atoms with Crippen molar-refractivity contribution in [2.45, 2.75) is 0 Å². The van der Waals surface area contributed by atoms with Gasteiger partial charge in [-0.2, -0.15) is 0 Å². The summed E-state index contributed by atoms with van der Waals surface area (Å²) < 4.78 is 21.5. The molecule has 1 rings (SSSR count). The lowest BCUT2D eigenvalue weighted by molar-refractivity contribution is -0.243. The first-order valence-corrected chi connectivity index (χ1v) is 5.59. The second kappa shape index (κ2) is 3.62. The van der Waals surface area contributed by atoms with E-state index in [9.17, 15) is 13.5 Å². The van der Waals surface area contributed by atoms with Crippen LogP contribution in [0.2, 0.25) is 0 Å². The van der Waals surface area contributed by atoms with Crippen molar-refractivity contribution in [3.8, 4) is 0 Å². The number of hydrogen-bond acceptors (Lipinski definition) is 3. The first kappa shape index (κ1) is 9.80. The van der Waals surface area contributed by atoms with E-state index >= 15 is 0 Å². The van der Waals surface area contributed by atoms with Crippen LogP contribution in [0.3, 0.4) is 0 Å². The maximum atomic E-state index is 11.2. The van der Waals surface area contributed by atoms with E-state index in [2.05, 4.69) is 0 Å². The topological polar surface area (TPSA) is 57.2 Å². The fourth-order valence-electron chi connectivity index (χ4n) is 0.865. The monoisotopic (exact) mass is 197 g/mol. The highest BCUT2D eigenvalue weighted by molar-refractivity contribution is 7.93. The van der Waals surface area contributed by atoms with Gasteiger partial charge in [-0.25, -0.2) is 8.42 Å². The molecule has 0 atom stereocenters. The predicted molar refractivity (Wildman–Crippen MR) is 49.3 cm³/mol. The molecule has 1 aromatic rings. The average molecular weight is 197 g/mol. The van der Waals surface area contributed by atoms with Crippen LogP contribution in [0, 0.1) is 0 Å². The third-order valence-electron chi connectivity index (χ3n) is 1.38. The zero-order chi connectivity index (χ0) is 9.90. The summed E-state index contributed by atoms with van der Waals surface area (Å²) in [7, 11) is -3.35. The summed E-state index contributed by atoms with van der Waals surface area (Å²) in [6.07, 6.45) is 0.994. The molecule has 0 aliphatic rings. The molecule has 1 aromatic carbocycles. The first-order chi connectivity index (χ1) is 5.99. The van der Waals surface area contributed by atoms with Gasteiger partial charge in [0.15, 0.2) is 9.84 Å². The van der Waals surface area contributed by atoms with Crippen LogP contribution < -0.4 is 5.11 Å². The molecule has 4 heteroatoms. The lowest BCUT2D eigenvalue weighted by Crippen LogP contribution is -2.05. The third-order valence-corrected chi connectivity index (χ3v) is 2.02. The van der Waals surface area contributed by atoms with Gasteiger partial charge in [0.25, 0.3) is 0 Å². The Kier molecular flexibility index (Phi) is 2.72. The fourth-order valence-corrected chi connectivity index (χ4v) is 1.39. The van der Waals surface area contributed by atoms with Crippen LogP contribution in [-0.2, 0) is 9.84 Å². The molecule has 3 nitrogen and oxygen atoms in total. The summed E-state index contributed by atoms with van der Waals surface area (Å²) in [6.45, 7) is 0. The highest BCUT2D eigenvalue weighted by Gasteiger charge is 1.95. The Bertz CT molecular complexity index is 404. The normalized spacial score (nSPS) is 12.8. The van der Waals surface area contributed by atoms with Crippen molar-refractivity contribution >= 4 is 15.6 Å². The van der Waals surface area contributed by atoms with Gasteiger partial charge in [-0.1, -0.05) is 36.1 Å². The lowest BCUT2D eigenvalue weighted by atomic mass is 10.2. The average Bonchev–Trinajstić information content (AvgIpc) is 2.03. The summed E-state index contributed by atoms with van der Waals surface area (Å²) in [4.78, 5) is 0. The van der Waals surface area contributed by atoms with E-state index in [-0.39, 0.29) is 0 Å². The number of rotatable bonds is 2. The lowest BCUT2D eigenvalue weighted by Gasteiger charge is -2.10. The van der Waals surface area contributed by atoms with E-state index in [0.717, 1.165) is 11.7 Å². The van der Waals surface area contributed by atoms with Crippen molar-refractivity contribution in [3.05, 3.63) is 41.3 Å². The Balaban J connectivity index is 3.06. The molecule has 0 N–H and O–H groups in total. The molecule has 0 unspecified atom stereocenters. The molecular formula is C9H9O3S-. The van der Waals surface area contributed by atoms with Crippen LogP contribution in [0.5, 0.6) is 0 Å². The Morgan fingerprint density at radius 1 is 1.31 bits per heavy atom. The zero-order valence-corrected chi connectivity index (χ0v) is 7.91. The van der Waals surface area contributed by atoms with Crippen molar-refractivity contribution in [1.82, 2.24) is 0 Å². The number of sulfone groups is 1. The minimum atomic E-state index is -3.35. The van der Waals surface area contributed by atoms with Crippen molar-refractivity contribution in [2.24, 2.45) is 0 Å². The molecule has 0 bridgehead atoms. The second-order valence-electron chi connectivity index (χ2n) is 2.68. The smallest absolute Gasteiger partial charge is 0.168 e. The molecule has 0 spiro atoms. The minimum Gasteiger partial charge on any atom is -0.872 e. The summed E-state index contributed by atoms with van der Waals surface area (Å²) >= 11 is 0. The van der Waals surface area contributed by atoms with E-state index in [0.29, 0.717) is 5.56 Å². The summed E-state index contributed by atoms with van der Waals surface area (Å²) in [5.74, 6) is -0.483. The fraction of sp³-hybridized carbons (Fsp3) is 0.111. The Morgan fingerprint density at radius 2 is 1.85 bits per heavy atom. The van der Waals surface area contributed by atoms with Crippen LogP contribution >= 0.6 is 0 Å². The van der Waals surface area contributed by atoms with Gasteiger partial charge >= 0.3 is 0 Å². The van der Waals surface area contributed by atoms with Gasteiger partial charge in [-0.3, -0.25) is 0 Å². The van der Waals surface area contributed by atoms with E-state index < -0.39 is 15.6 Å². The molecule has 70 valence electrons. The number of benzene rings is 1. The van der Waals surface area contributed by atoms with Gasteiger partial charge in [0.1, 0.15) is 0 Å². The van der Waals surface area contributed by atoms with Crippen LogP contribution in [0.1, 0.15) is 5.56 Å². The van der Waals surface area contributed by atoms with Crippen molar-refractivity contribution < 1.29 is 13.5 Å². The van der Waals surface area contributed by atoms with Crippen LogP contribution in [0.15, 0.2) is 35.7 Å². The molecule has 0 aliphatic carbocycles. The summed E-state index contributed by atoms with van der Waals surface area (Å²) in [6, 6.07) is 8.28. The molecule has 0 saturated carbocycles. The maximum Gasteiger partial charge on any atom is 0.168 e. The van der Waals surface area contributed by atoms with Crippen LogP contribution in [0.25, 0.3) is 5.76 Å². The summed E-state index contributed by atoms with van der Waals surface area (Å²) in [5.41, 5.74) is 0.382. The summed E-state index contributed by atoms with van der Waals surface area (Å²) in [5, 5.41) is 12.0. The van der Waals surface area contributed by atoms with E-state index in [1.165, 1.54) is 0 Å². The van der Waals surface area contributed by atoms with Gasteiger partial charge < -0.3 is 5.11 Å². The van der Waals surface area contributed by atoms with E-state index in [4.69, 9.17) is 0 Å². The third kappa shape index (κ3) is 3.29. The second-order valence-corrected chi connectivity index (χ2v) is 4.57. The van der Waals surface area contributed by atoms with E-state index in [1.807, 2.05) is 0 Å². The van der Waals surface area contributed by atoms with Crippen molar-refractivity contribution in [2.75, 3.05) is 6.26 Å². The van der Waals surface area contributed by atoms with Gasteiger partial charge in [0, 0.05) is 11.7 Å².